The first kappa shape index (κ1) is 17.7. The molecule has 2 aromatic carbocycles. The van der Waals surface area contributed by atoms with Crippen molar-refractivity contribution in [1.29, 1.82) is 0 Å². The second kappa shape index (κ2) is 7.77. The van der Waals surface area contributed by atoms with Crippen LogP contribution in [0.4, 0.5) is 4.79 Å². The number of carbonyl (C=O) groups is 2. The van der Waals surface area contributed by atoms with E-state index in [1.165, 1.54) is 4.90 Å². The Morgan fingerprint density at radius 2 is 1.58 bits per heavy atom. The Kier molecular flexibility index (Phi) is 5.74. The highest BCUT2D eigenvalue weighted by molar-refractivity contribution is 5.72. The van der Waals surface area contributed by atoms with Gasteiger partial charge >= 0.3 is 6.09 Å². The Morgan fingerprint density at radius 3 is 2.12 bits per heavy atom. The van der Waals surface area contributed by atoms with Crippen molar-refractivity contribution in [2.75, 3.05) is 6.54 Å². The lowest BCUT2D eigenvalue weighted by Crippen LogP contribution is -2.37. The highest BCUT2D eigenvalue weighted by Crippen LogP contribution is 2.20. The van der Waals surface area contributed by atoms with Crippen LogP contribution < -0.4 is 0 Å². The van der Waals surface area contributed by atoms with Crippen molar-refractivity contribution in [1.82, 2.24) is 4.90 Å². The number of carbonyl (C=O) groups excluding carboxylic acids is 2. The fraction of sp³-hybridized carbons (Fsp3) is 0.300. The number of hydrogen-bond acceptors (Lipinski definition) is 3. The summed E-state index contributed by atoms with van der Waals surface area (Å²) in [6.45, 7) is 5.76. The van der Waals surface area contributed by atoms with Crippen LogP contribution in [0.3, 0.4) is 0 Å². The minimum absolute atomic E-state index is 0.00928. The van der Waals surface area contributed by atoms with Gasteiger partial charge in [0.1, 0.15) is 11.9 Å². The average molecular weight is 325 g/mol. The van der Waals surface area contributed by atoms with Crippen LogP contribution in [0.25, 0.3) is 11.1 Å². The molecule has 0 aromatic heterocycles. The third kappa shape index (κ3) is 5.23. The van der Waals surface area contributed by atoms with Gasteiger partial charge in [-0.05, 0) is 37.5 Å². The van der Waals surface area contributed by atoms with E-state index in [9.17, 15) is 9.59 Å². The second-order valence-electron chi connectivity index (χ2n) is 6.59. The van der Waals surface area contributed by atoms with Gasteiger partial charge in [-0.25, -0.2) is 4.79 Å². The maximum Gasteiger partial charge on any atom is 0.410 e. The summed E-state index contributed by atoms with van der Waals surface area (Å²) in [6, 6.07) is 18.0. The summed E-state index contributed by atoms with van der Waals surface area (Å²) < 4.78 is 5.35. The fourth-order valence-corrected chi connectivity index (χ4v) is 2.27. The lowest BCUT2D eigenvalue weighted by Gasteiger charge is -2.26. The number of hydrogen-bond donors (Lipinski definition) is 0. The van der Waals surface area contributed by atoms with Crippen molar-refractivity contribution in [2.45, 2.75) is 32.9 Å². The quantitative estimate of drug-likeness (QED) is 0.770. The molecule has 0 bridgehead atoms. The van der Waals surface area contributed by atoms with E-state index < -0.39 is 11.7 Å². The molecule has 0 aliphatic heterocycles. The molecule has 4 heteroatoms. The zero-order valence-corrected chi connectivity index (χ0v) is 14.4. The summed E-state index contributed by atoms with van der Waals surface area (Å²) in [6.07, 6.45) is 0.226. The van der Waals surface area contributed by atoms with Crippen molar-refractivity contribution < 1.29 is 14.3 Å². The molecule has 0 aliphatic carbocycles. The molecule has 1 amide bonds. The molecule has 0 saturated heterocycles. The molecule has 0 saturated carbocycles. The first-order valence-electron chi connectivity index (χ1n) is 7.95. The van der Waals surface area contributed by atoms with Gasteiger partial charge in [0.05, 0.1) is 6.54 Å². The minimum Gasteiger partial charge on any atom is -0.444 e. The molecule has 2 aromatic rings. The van der Waals surface area contributed by atoms with Crippen molar-refractivity contribution in [3.8, 4) is 11.1 Å². The van der Waals surface area contributed by atoms with E-state index >= 15 is 0 Å². The third-order valence-corrected chi connectivity index (χ3v) is 3.38. The molecule has 0 radical (unpaired) electrons. The Balaban J connectivity index is 2.09. The lowest BCUT2D eigenvalue weighted by atomic mass is 10.0. The topological polar surface area (TPSA) is 46.6 Å². The minimum atomic E-state index is -0.588. The summed E-state index contributed by atoms with van der Waals surface area (Å²) >= 11 is 0. The zero-order valence-electron chi connectivity index (χ0n) is 14.4. The van der Waals surface area contributed by atoms with Crippen LogP contribution >= 0.6 is 0 Å². The standard InChI is InChI=1S/C20H23NO3/c1-20(2,3)24-19(23)21(13-14-22)15-16-9-11-18(12-10-16)17-7-5-4-6-8-17/h4-12,14H,13,15H2,1-3H3. The molecular weight excluding hydrogens is 302 g/mol. The van der Waals surface area contributed by atoms with Crippen molar-refractivity contribution >= 4 is 12.4 Å². The van der Waals surface area contributed by atoms with Crippen LogP contribution in [-0.4, -0.2) is 29.4 Å². The normalized spacial score (nSPS) is 11.0. The van der Waals surface area contributed by atoms with Crippen LogP contribution in [0.15, 0.2) is 54.6 Å². The van der Waals surface area contributed by atoms with Gasteiger partial charge in [0.15, 0.2) is 0 Å². The van der Waals surface area contributed by atoms with E-state index in [4.69, 9.17) is 4.74 Å². The predicted octanol–water partition coefficient (Wildman–Crippen LogP) is 4.29. The van der Waals surface area contributed by atoms with E-state index in [0.29, 0.717) is 12.8 Å². The summed E-state index contributed by atoms with van der Waals surface area (Å²) in [5.74, 6) is 0. The van der Waals surface area contributed by atoms with E-state index in [0.717, 1.165) is 16.7 Å². The molecule has 4 nitrogen and oxygen atoms in total. The summed E-state index contributed by atoms with van der Waals surface area (Å²) in [7, 11) is 0. The number of ether oxygens (including phenoxy) is 1. The average Bonchev–Trinajstić information content (AvgIpc) is 2.54. The summed E-state index contributed by atoms with van der Waals surface area (Å²) in [5.41, 5.74) is 2.61. The Labute approximate surface area is 143 Å². The highest BCUT2D eigenvalue weighted by Gasteiger charge is 2.22. The fourth-order valence-electron chi connectivity index (χ4n) is 2.27. The number of aldehydes is 1. The van der Waals surface area contributed by atoms with Gasteiger partial charge in [0.2, 0.25) is 0 Å². The third-order valence-electron chi connectivity index (χ3n) is 3.38. The molecule has 0 fully saturated rings. The van der Waals surface area contributed by atoms with Gasteiger partial charge in [-0.2, -0.15) is 0 Å². The number of amides is 1. The Morgan fingerprint density at radius 1 is 1.00 bits per heavy atom. The van der Waals surface area contributed by atoms with Crippen LogP contribution in [0.2, 0.25) is 0 Å². The van der Waals surface area contributed by atoms with Gasteiger partial charge in [-0.1, -0.05) is 54.6 Å². The van der Waals surface area contributed by atoms with E-state index in [-0.39, 0.29) is 6.54 Å². The molecule has 24 heavy (non-hydrogen) atoms. The molecule has 0 spiro atoms. The van der Waals surface area contributed by atoms with E-state index in [1.54, 1.807) is 20.8 Å². The molecular formula is C20H23NO3. The van der Waals surface area contributed by atoms with Gasteiger partial charge < -0.3 is 9.53 Å². The highest BCUT2D eigenvalue weighted by atomic mass is 16.6. The largest absolute Gasteiger partial charge is 0.444 e. The monoisotopic (exact) mass is 325 g/mol. The van der Waals surface area contributed by atoms with Crippen LogP contribution in [-0.2, 0) is 16.1 Å². The van der Waals surface area contributed by atoms with Crippen molar-refractivity contribution in [3.05, 3.63) is 60.2 Å². The van der Waals surface area contributed by atoms with E-state index in [2.05, 4.69) is 0 Å². The van der Waals surface area contributed by atoms with Crippen LogP contribution in [0.1, 0.15) is 26.3 Å². The summed E-state index contributed by atoms with van der Waals surface area (Å²) in [4.78, 5) is 24.5. The molecule has 0 unspecified atom stereocenters. The Bertz CT molecular complexity index is 672. The molecule has 0 atom stereocenters. The smallest absolute Gasteiger partial charge is 0.410 e. The maximum absolute atomic E-state index is 12.2. The van der Waals surface area contributed by atoms with Gasteiger partial charge in [0.25, 0.3) is 0 Å². The molecule has 2 rings (SSSR count). The van der Waals surface area contributed by atoms with Gasteiger partial charge in [-0.15, -0.1) is 0 Å². The lowest BCUT2D eigenvalue weighted by molar-refractivity contribution is -0.109. The molecule has 0 heterocycles. The van der Waals surface area contributed by atoms with Gasteiger partial charge in [-0.3, -0.25) is 4.90 Å². The van der Waals surface area contributed by atoms with Gasteiger partial charge in [0, 0.05) is 6.54 Å². The molecule has 0 N–H and O–H groups in total. The molecule has 0 aliphatic rings. The Hall–Kier alpha value is -2.62. The number of benzene rings is 2. The van der Waals surface area contributed by atoms with Crippen molar-refractivity contribution in [2.24, 2.45) is 0 Å². The maximum atomic E-state index is 12.2. The number of rotatable bonds is 5. The molecule has 126 valence electrons. The first-order valence-corrected chi connectivity index (χ1v) is 7.95. The predicted molar refractivity (Wildman–Crippen MR) is 94.6 cm³/mol. The van der Waals surface area contributed by atoms with Crippen LogP contribution in [0, 0.1) is 0 Å². The second-order valence-corrected chi connectivity index (χ2v) is 6.59. The van der Waals surface area contributed by atoms with E-state index in [1.807, 2.05) is 54.6 Å². The SMILES string of the molecule is CC(C)(C)OC(=O)N(CC=O)Cc1ccc(-c2ccccc2)cc1. The summed E-state index contributed by atoms with van der Waals surface area (Å²) in [5, 5.41) is 0. The first-order chi connectivity index (χ1) is 11.4. The van der Waals surface area contributed by atoms with Crippen molar-refractivity contribution in [3.63, 3.8) is 0 Å². The number of nitrogens with zero attached hydrogens (tertiary/aromatic N) is 1. The zero-order chi connectivity index (χ0) is 17.6. The van der Waals surface area contributed by atoms with Crippen LogP contribution in [0.5, 0.6) is 0 Å².